The molecular weight excluding hydrogens is 839 g/mol. The van der Waals surface area contributed by atoms with E-state index in [-0.39, 0.29) is 0 Å². The van der Waals surface area contributed by atoms with E-state index < -0.39 is 0 Å². The van der Waals surface area contributed by atoms with Crippen LogP contribution < -0.4 is 4.90 Å². The van der Waals surface area contributed by atoms with Crippen LogP contribution in [0.25, 0.3) is 121 Å². The predicted octanol–water partition coefficient (Wildman–Crippen LogP) is 19.1. The van der Waals surface area contributed by atoms with Crippen LogP contribution in [0.15, 0.2) is 258 Å². The minimum Gasteiger partial charge on any atom is -0.456 e. The fraction of sp³-hybridized carbons (Fsp3) is 0. The molecule has 0 aliphatic carbocycles. The summed E-state index contributed by atoms with van der Waals surface area (Å²) in [6.07, 6.45) is 0. The first-order chi connectivity index (χ1) is 34.2. The maximum absolute atomic E-state index is 7.00. The van der Waals surface area contributed by atoms with Gasteiger partial charge in [0, 0.05) is 44.2 Å². The molecule has 3 heteroatoms. The molecule has 0 bridgehead atoms. The standard InChI is InChI=1S/C66H41NO2/c1-3-13-42(14-4-1)44-23-30-49(31-24-44)67(50-32-25-45(26-33-50)43-15-5-2-6-16-43)51-34-27-46(28-35-51)48-40-58(47-29-36-56-54-19-8-7-17-52(54)53-18-9-10-20-55(53)59(56)39-47)66-60(41-48)65-63(69-66)38-37-62-64(65)57-21-11-12-22-61(57)68-62/h1-41H. The zero-order valence-electron chi connectivity index (χ0n) is 37.4. The highest BCUT2D eigenvalue weighted by atomic mass is 16.3. The molecule has 2 heterocycles. The molecule has 0 amide bonds. The van der Waals surface area contributed by atoms with Crippen molar-refractivity contribution in [2.24, 2.45) is 0 Å². The average molecular weight is 880 g/mol. The number of fused-ring (bicyclic) bond motifs is 13. The highest BCUT2D eigenvalue weighted by Crippen LogP contribution is 2.46. The third kappa shape index (κ3) is 6.43. The highest BCUT2D eigenvalue weighted by Gasteiger charge is 2.22. The Kier molecular flexibility index (Phi) is 8.90. The number of benzene rings is 12. The van der Waals surface area contributed by atoms with Crippen LogP contribution in [-0.4, -0.2) is 0 Å². The van der Waals surface area contributed by atoms with Crippen molar-refractivity contribution < 1.29 is 8.83 Å². The normalized spacial score (nSPS) is 11.8. The molecule has 14 rings (SSSR count). The van der Waals surface area contributed by atoms with Gasteiger partial charge in [0.1, 0.15) is 22.3 Å². The zero-order valence-corrected chi connectivity index (χ0v) is 37.4. The van der Waals surface area contributed by atoms with Gasteiger partial charge in [0.25, 0.3) is 0 Å². The van der Waals surface area contributed by atoms with Gasteiger partial charge in [-0.3, -0.25) is 0 Å². The molecule has 0 N–H and O–H groups in total. The molecule has 0 unspecified atom stereocenters. The largest absolute Gasteiger partial charge is 0.456 e. The molecule has 322 valence electrons. The molecule has 0 aliphatic heterocycles. The topological polar surface area (TPSA) is 29.5 Å². The van der Waals surface area contributed by atoms with Crippen LogP contribution in [-0.2, 0) is 0 Å². The van der Waals surface area contributed by atoms with Crippen LogP contribution in [0.1, 0.15) is 0 Å². The summed E-state index contributed by atoms with van der Waals surface area (Å²) in [7, 11) is 0. The van der Waals surface area contributed by atoms with E-state index in [0.29, 0.717) is 0 Å². The number of hydrogen-bond donors (Lipinski definition) is 0. The van der Waals surface area contributed by atoms with Gasteiger partial charge >= 0.3 is 0 Å². The summed E-state index contributed by atoms with van der Waals surface area (Å²) in [5.41, 5.74) is 15.7. The summed E-state index contributed by atoms with van der Waals surface area (Å²) >= 11 is 0. The Labute approximate surface area is 398 Å². The fourth-order valence-corrected chi connectivity index (χ4v) is 10.8. The van der Waals surface area contributed by atoms with Crippen molar-refractivity contribution in [3.05, 3.63) is 249 Å². The molecule has 69 heavy (non-hydrogen) atoms. The number of para-hydroxylation sites is 1. The molecule has 0 atom stereocenters. The molecule has 0 saturated carbocycles. The number of anilines is 3. The lowest BCUT2D eigenvalue weighted by atomic mass is 9.90. The minimum absolute atomic E-state index is 0.835. The van der Waals surface area contributed by atoms with Crippen molar-refractivity contribution >= 4 is 93.3 Å². The summed E-state index contributed by atoms with van der Waals surface area (Å²) < 4.78 is 13.5. The molecule has 12 aromatic carbocycles. The van der Waals surface area contributed by atoms with Gasteiger partial charge in [-0.1, -0.05) is 176 Å². The van der Waals surface area contributed by atoms with Gasteiger partial charge < -0.3 is 13.7 Å². The molecule has 14 aromatic rings. The monoisotopic (exact) mass is 879 g/mol. The van der Waals surface area contributed by atoms with Gasteiger partial charge in [-0.05, 0) is 144 Å². The van der Waals surface area contributed by atoms with Crippen molar-refractivity contribution in [2.75, 3.05) is 4.90 Å². The lowest BCUT2D eigenvalue weighted by Gasteiger charge is -2.26. The Morgan fingerprint density at radius 3 is 1.17 bits per heavy atom. The number of furan rings is 2. The lowest BCUT2D eigenvalue weighted by molar-refractivity contribution is 0.663. The Morgan fingerprint density at radius 1 is 0.232 bits per heavy atom. The third-order valence-electron chi connectivity index (χ3n) is 14.1. The molecule has 0 radical (unpaired) electrons. The molecule has 0 aliphatic rings. The van der Waals surface area contributed by atoms with Crippen LogP contribution in [0.5, 0.6) is 0 Å². The predicted molar refractivity (Wildman–Crippen MR) is 290 cm³/mol. The maximum Gasteiger partial charge on any atom is 0.143 e. The summed E-state index contributed by atoms with van der Waals surface area (Å²) in [6.45, 7) is 0. The van der Waals surface area contributed by atoms with E-state index in [4.69, 9.17) is 8.83 Å². The van der Waals surface area contributed by atoms with E-state index >= 15 is 0 Å². The molecule has 2 aromatic heterocycles. The molecule has 3 nitrogen and oxygen atoms in total. The minimum atomic E-state index is 0.835. The van der Waals surface area contributed by atoms with Crippen molar-refractivity contribution in [1.29, 1.82) is 0 Å². The van der Waals surface area contributed by atoms with E-state index in [1.54, 1.807) is 0 Å². The van der Waals surface area contributed by atoms with Crippen LogP contribution >= 0.6 is 0 Å². The van der Waals surface area contributed by atoms with Gasteiger partial charge in [0.2, 0.25) is 0 Å². The Hall–Kier alpha value is -9.18. The SMILES string of the molecule is c1ccc(-c2ccc(N(c3ccc(-c4ccccc4)cc3)c3ccc(-c4cc(-c5ccc6c7ccccc7c7ccccc7c6c5)c5oc6ccc7oc8ccccc8c7c6c5c4)cc3)cc2)cc1. The Morgan fingerprint density at radius 2 is 0.623 bits per heavy atom. The summed E-state index contributed by atoms with van der Waals surface area (Å²) in [5.74, 6) is 0. The van der Waals surface area contributed by atoms with E-state index in [2.05, 4.69) is 235 Å². The van der Waals surface area contributed by atoms with Crippen LogP contribution in [0.4, 0.5) is 17.1 Å². The number of rotatable bonds is 7. The van der Waals surface area contributed by atoms with Crippen molar-refractivity contribution in [2.45, 2.75) is 0 Å². The first-order valence-electron chi connectivity index (χ1n) is 23.6. The molecule has 0 fully saturated rings. The van der Waals surface area contributed by atoms with Gasteiger partial charge in [0.05, 0.1) is 0 Å². The van der Waals surface area contributed by atoms with Crippen molar-refractivity contribution in [3.63, 3.8) is 0 Å². The van der Waals surface area contributed by atoms with E-state index in [1.165, 1.54) is 54.6 Å². The molecule has 0 spiro atoms. The number of hydrogen-bond acceptors (Lipinski definition) is 3. The van der Waals surface area contributed by atoms with Gasteiger partial charge in [-0.2, -0.15) is 0 Å². The first kappa shape index (κ1) is 39.0. The third-order valence-corrected chi connectivity index (χ3v) is 14.1. The second-order valence-corrected chi connectivity index (χ2v) is 18.0. The van der Waals surface area contributed by atoms with E-state index in [9.17, 15) is 0 Å². The maximum atomic E-state index is 7.00. The first-order valence-corrected chi connectivity index (χ1v) is 23.6. The highest BCUT2D eigenvalue weighted by molar-refractivity contribution is 6.28. The Bertz CT molecular complexity index is 4140. The second-order valence-electron chi connectivity index (χ2n) is 18.0. The molecule has 0 saturated heterocycles. The quantitative estimate of drug-likeness (QED) is 0.149. The van der Waals surface area contributed by atoms with Crippen LogP contribution in [0, 0.1) is 0 Å². The fourth-order valence-electron chi connectivity index (χ4n) is 10.8. The smallest absolute Gasteiger partial charge is 0.143 e. The zero-order chi connectivity index (χ0) is 45.4. The summed E-state index contributed by atoms with van der Waals surface area (Å²) in [4.78, 5) is 2.34. The Balaban J connectivity index is 0.951. The second kappa shape index (κ2) is 15.7. The summed E-state index contributed by atoms with van der Waals surface area (Å²) in [6, 6.07) is 89.4. The van der Waals surface area contributed by atoms with Gasteiger partial charge in [-0.15, -0.1) is 0 Å². The van der Waals surface area contributed by atoms with E-state index in [1.807, 2.05) is 18.2 Å². The van der Waals surface area contributed by atoms with Gasteiger partial charge in [-0.25, -0.2) is 0 Å². The average Bonchev–Trinajstić information content (AvgIpc) is 4.00. The van der Waals surface area contributed by atoms with E-state index in [0.717, 1.165) is 83.2 Å². The van der Waals surface area contributed by atoms with Gasteiger partial charge in [0.15, 0.2) is 0 Å². The van der Waals surface area contributed by atoms with Crippen molar-refractivity contribution in [1.82, 2.24) is 0 Å². The van der Waals surface area contributed by atoms with Crippen LogP contribution in [0.3, 0.4) is 0 Å². The summed E-state index contributed by atoms with van der Waals surface area (Å²) in [5, 5.41) is 11.7. The molecular formula is C66H41NO2. The number of nitrogens with zero attached hydrogens (tertiary/aromatic N) is 1. The lowest BCUT2D eigenvalue weighted by Crippen LogP contribution is -2.09. The van der Waals surface area contributed by atoms with Crippen molar-refractivity contribution in [3.8, 4) is 44.5 Å². The van der Waals surface area contributed by atoms with Crippen LogP contribution in [0.2, 0.25) is 0 Å².